The van der Waals surface area contributed by atoms with Gasteiger partial charge >= 0.3 is 0 Å². The van der Waals surface area contributed by atoms with E-state index in [9.17, 15) is 0 Å². The second-order valence-corrected chi connectivity index (χ2v) is 6.40. The topological polar surface area (TPSA) is 12.9 Å². The molecule has 0 aliphatic rings. The Morgan fingerprint density at radius 1 is 1.47 bits per heavy atom. The van der Waals surface area contributed by atoms with Gasteiger partial charge in [-0.3, -0.25) is 4.98 Å². The zero-order valence-corrected chi connectivity index (χ0v) is 12.0. The summed E-state index contributed by atoms with van der Waals surface area (Å²) < 4.78 is 1.02. The summed E-state index contributed by atoms with van der Waals surface area (Å²) in [5.74, 6) is 0. The Morgan fingerprint density at radius 2 is 2.07 bits per heavy atom. The maximum absolute atomic E-state index is 6.35. The van der Waals surface area contributed by atoms with Crippen LogP contribution >= 0.6 is 27.5 Å². The summed E-state index contributed by atoms with van der Waals surface area (Å²) >= 11 is 9.76. The average molecular weight is 291 g/mol. The molecule has 0 amide bonds. The second kappa shape index (κ2) is 4.84. The summed E-state index contributed by atoms with van der Waals surface area (Å²) in [6, 6.07) is 2.08. The number of alkyl halides is 1. The van der Waals surface area contributed by atoms with Crippen molar-refractivity contribution < 1.29 is 0 Å². The van der Waals surface area contributed by atoms with Crippen LogP contribution in [-0.4, -0.2) is 10.4 Å². The van der Waals surface area contributed by atoms with Gasteiger partial charge in [-0.1, -0.05) is 20.8 Å². The lowest BCUT2D eigenvalue weighted by Gasteiger charge is -2.25. The first kappa shape index (κ1) is 13.0. The van der Waals surface area contributed by atoms with Crippen LogP contribution < -0.4 is 0 Å². The molecule has 1 unspecified atom stereocenters. The predicted octanol–water partition coefficient (Wildman–Crippen LogP) is 4.35. The number of aryl methyl sites for hydroxylation is 1. The number of hydrogen-bond acceptors (Lipinski definition) is 1. The van der Waals surface area contributed by atoms with E-state index >= 15 is 0 Å². The fourth-order valence-corrected chi connectivity index (χ4v) is 1.85. The standard InChI is InChI=1S/C12H17BrClN/c1-8-5-9(13)7-15-10(8)6-11(14)12(2,3)4/h5,7,11H,6H2,1-4H3. The largest absolute Gasteiger partial charge is 0.260 e. The summed E-state index contributed by atoms with van der Waals surface area (Å²) in [5, 5.41) is 0.116. The van der Waals surface area contributed by atoms with Crippen LogP contribution in [0, 0.1) is 12.3 Å². The first-order valence-electron chi connectivity index (χ1n) is 5.06. The molecule has 3 heteroatoms. The molecule has 0 aliphatic heterocycles. The Bertz CT molecular complexity index is 344. The molecule has 0 saturated heterocycles. The number of aromatic nitrogens is 1. The fourth-order valence-electron chi connectivity index (χ4n) is 1.26. The predicted molar refractivity (Wildman–Crippen MR) is 69.5 cm³/mol. The quantitative estimate of drug-likeness (QED) is 0.738. The summed E-state index contributed by atoms with van der Waals surface area (Å²) in [7, 11) is 0. The number of pyridine rings is 1. The molecule has 84 valence electrons. The van der Waals surface area contributed by atoms with Gasteiger partial charge in [0.2, 0.25) is 0 Å². The lowest BCUT2D eigenvalue weighted by atomic mass is 9.88. The van der Waals surface area contributed by atoms with E-state index in [1.165, 1.54) is 5.56 Å². The van der Waals surface area contributed by atoms with Gasteiger partial charge in [-0.2, -0.15) is 0 Å². The van der Waals surface area contributed by atoms with Crippen molar-refractivity contribution in [1.29, 1.82) is 0 Å². The zero-order valence-electron chi connectivity index (χ0n) is 9.64. The van der Waals surface area contributed by atoms with Crippen molar-refractivity contribution in [3.05, 3.63) is 28.0 Å². The SMILES string of the molecule is Cc1cc(Br)cnc1CC(Cl)C(C)(C)C. The molecule has 0 aromatic carbocycles. The Labute approximate surface area is 105 Å². The molecule has 15 heavy (non-hydrogen) atoms. The Kier molecular flexibility index (Phi) is 4.19. The van der Waals surface area contributed by atoms with Crippen LogP contribution in [0.1, 0.15) is 32.0 Å². The highest BCUT2D eigenvalue weighted by Gasteiger charge is 2.23. The molecule has 0 aliphatic carbocycles. The molecule has 1 rings (SSSR count). The van der Waals surface area contributed by atoms with Crippen molar-refractivity contribution in [2.75, 3.05) is 0 Å². The highest BCUT2D eigenvalue weighted by Crippen LogP contribution is 2.28. The minimum Gasteiger partial charge on any atom is -0.260 e. The van der Waals surface area contributed by atoms with Gasteiger partial charge in [0.25, 0.3) is 0 Å². The summed E-state index contributed by atoms with van der Waals surface area (Å²) in [6.45, 7) is 8.52. The van der Waals surface area contributed by atoms with Crippen LogP contribution in [0.15, 0.2) is 16.7 Å². The first-order valence-corrected chi connectivity index (χ1v) is 6.28. The van der Waals surface area contributed by atoms with Crippen molar-refractivity contribution in [2.24, 2.45) is 5.41 Å². The van der Waals surface area contributed by atoms with E-state index in [0.29, 0.717) is 0 Å². The van der Waals surface area contributed by atoms with E-state index in [4.69, 9.17) is 11.6 Å². The monoisotopic (exact) mass is 289 g/mol. The Hall–Kier alpha value is -0.0800. The van der Waals surface area contributed by atoms with E-state index in [-0.39, 0.29) is 10.8 Å². The molecule has 1 atom stereocenters. The Morgan fingerprint density at radius 3 is 2.53 bits per heavy atom. The number of rotatable bonds is 2. The zero-order chi connectivity index (χ0) is 11.6. The van der Waals surface area contributed by atoms with Crippen molar-refractivity contribution in [3.8, 4) is 0 Å². The van der Waals surface area contributed by atoms with E-state index < -0.39 is 0 Å². The van der Waals surface area contributed by atoms with Gasteiger partial charge < -0.3 is 0 Å². The molecule has 1 aromatic heterocycles. The van der Waals surface area contributed by atoms with Gasteiger partial charge in [0.1, 0.15) is 0 Å². The van der Waals surface area contributed by atoms with E-state index in [0.717, 1.165) is 16.6 Å². The van der Waals surface area contributed by atoms with Gasteiger partial charge in [0.05, 0.1) is 0 Å². The van der Waals surface area contributed by atoms with Crippen LogP contribution in [-0.2, 0) is 6.42 Å². The average Bonchev–Trinajstić information content (AvgIpc) is 2.08. The summed E-state index contributed by atoms with van der Waals surface area (Å²) in [5.41, 5.74) is 2.40. The number of halogens is 2. The molecule has 0 N–H and O–H groups in total. The molecule has 1 nitrogen and oxygen atoms in total. The van der Waals surface area contributed by atoms with Crippen LogP contribution in [0.5, 0.6) is 0 Å². The molecule has 0 bridgehead atoms. The van der Waals surface area contributed by atoms with E-state index in [2.05, 4.69) is 54.7 Å². The van der Waals surface area contributed by atoms with Crippen LogP contribution in [0.3, 0.4) is 0 Å². The Balaban J connectivity index is 2.82. The van der Waals surface area contributed by atoms with Crippen molar-refractivity contribution in [2.45, 2.75) is 39.5 Å². The highest BCUT2D eigenvalue weighted by atomic mass is 79.9. The first-order chi connectivity index (χ1) is 6.80. The summed E-state index contributed by atoms with van der Waals surface area (Å²) in [6.07, 6.45) is 2.65. The third-order valence-corrected chi connectivity index (χ3v) is 3.71. The maximum Gasteiger partial charge on any atom is 0.0448 e. The number of hydrogen-bond donors (Lipinski definition) is 0. The molecule has 0 saturated carbocycles. The van der Waals surface area contributed by atoms with Crippen LogP contribution in [0.2, 0.25) is 0 Å². The molecule has 1 aromatic rings. The number of nitrogens with zero attached hydrogens (tertiary/aromatic N) is 1. The highest BCUT2D eigenvalue weighted by molar-refractivity contribution is 9.10. The molecule has 0 radical (unpaired) electrons. The van der Waals surface area contributed by atoms with Crippen molar-refractivity contribution in [3.63, 3.8) is 0 Å². The minimum absolute atomic E-state index is 0.114. The fraction of sp³-hybridized carbons (Fsp3) is 0.583. The third-order valence-electron chi connectivity index (χ3n) is 2.47. The normalized spacial score (nSPS) is 14.0. The van der Waals surface area contributed by atoms with Crippen molar-refractivity contribution >= 4 is 27.5 Å². The van der Waals surface area contributed by atoms with Gasteiger partial charge in [0, 0.05) is 28.2 Å². The van der Waals surface area contributed by atoms with Gasteiger partial charge in [-0.25, -0.2) is 0 Å². The van der Waals surface area contributed by atoms with Crippen molar-refractivity contribution in [1.82, 2.24) is 4.98 Å². The van der Waals surface area contributed by atoms with Crippen LogP contribution in [0.4, 0.5) is 0 Å². The molecular formula is C12H17BrClN. The van der Waals surface area contributed by atoms with E-state index in [1.54, 1.807) is 0 Å². The van der Waals surface area contributed by atoms with Gasteiger partial charge in [-0.05, 0) is 39.9 Å². The van der Waals surface area contributed by atoms with Gasteiger partial charge in [-0.15, -0.1) is 11.6 Å². The second-order valence-electron chi connectivity index (χ2n) is 4.95. The van der Waals surface area contributed by atoms with E-state index in [1.807, 2.05) is 6.20 Å². The minimum atomic E-state index is 0.114. The van der Waals surface area contributed by atoms with Crippen LogP contribution in [0.25, 0.3) is 0 Å². The summed E-state index contributed by atoms with van der Waals surface area (Å²) in [4.78, 5) is 4.40. The van der Waals surface area contributed by atoms with Gasteiger partial charge in [0.15, 0.2) is 0 Å². The molecule has 0 spiro atoms. The maximum atomic E-state index is 6.35. The smallest absolute Gasteiger partial charge is 0.0448 e. The lowest BCUT2D eigenvalue weighted by Crippen LogP contribution is -2.23. The third kappa shape index (κ3) is 3.76. The molecule has 1 heterocycles. The molecule has 0 fully saturated rings. The lowest BCUT2D eigenvalue weighted by molar-refractivity contribution is 0.384. The molecular weight excluding hydrogens is 273 g/mol.